The van der Waals surface area contributed by atoms with Gasteiger partial charge in [0.05, 0.1) is 15.6 Å². The predicted molar refractivity (Wildman–Crippen MR) is 76.6 cm³/mol. The minimum absolute atomic E-state index is 0.0206. The lowest BCUT2D eigenvalue weighted by molar-refractivity contribution is -0.384. The Morgan fingerprint density at radius 1 is 1.48 bits per heavy atom. The minimum atomic E-state index is -1.45. The second-order valence-corrected chi connectivity index (χ2v) is 4.90. The molecule has 3 N–H and O–H groups in total. The predicted octanol–water partition coefficient (Wildman–Crippen LogP) is 2.62. The van der Waals surface area contributed by atoms with Crippen LogP contribution in [0.15, 0.2) is 18.2 Å². The number of benzene rings is 1. The topological polar surface area (TPSA) is 122 Å². The second kappa shape index (κ2) is 6.40. The number of amides is 2. The molecule has 2 amide bonds. The summed E-state index contributed by atoms with van der Waals surface area (Å²) >= 11 is 5.83. The van der Waals surface area contributed by atoms with Gasteiger partial charge in [-0.2, -0.15) is 0 Å². The van der Waals surface area contributed by atoms with Crippen LogP contribution in [-0.4, -0.2) is 27.6 Å². The molecule has 21 heavy (non-hydrogen) atoms. The number of hydrogen-bond acceptors (Lipinski definition) is 4. The number of nitro groups is 1. The number of hydrogen-bond donors (Lipinski definition) is 3. The Morgan fingerprint density at radius 2 is 2.10 bits per heavy atom. The number of non-ortho nitro benzene ring substituents is 1. The summed E-state index contributed by atoms with van der Waals surface area (Å²) in [5.41, 5.74) is -1.67. The van der Waals surface area contributed by atoms with Gasteiger partial charge >= 0.3 is 12.0 Å². The van der Waals surface area contributed by atoms with Crippen molar-refractivity contribution in [3.63, 3.8) is 0 Å². The third-order valence-corrected chi connectivity index (χ3v) is 3.31. The van der Waals surface area contributed by atoms with Crippen molar-refractivity contribution in [3.05, 3.63) is 33.3 Å². The first-order valence-corrected chi connectivity index (χ1v) is 6.34. The number of aliphatic carboxylic acids is 1. The monoisotopic (exact) mass is 315 g/mol. The summed E-state index contributed by atoms with van der Waals surface area (Å²) < 4.78 is 0. The molecule has 0 heterocycles. The van der Waals surface area contributed by atoms with Crippen molar-refractivity contribution >= 4 is 35.0 Å². The van der Waals surface area contributed by atoms with E-state index >= 15 is 0 Å². The molecule has 1 unspecified atom stereocenters. The fourth-order valence-electron chi connectivity index (χ4n) is 1.42. The lowest BCUT2D eigenvalue weighted by Crippen LogP contribution is -2.53. The van der Waals surface area contributed by atoms with Gasteiger partial charge in [0, 0.05) is 12.1 Å². The molecular formula is C12H14ClN3O5. The Kier molecular flexibility index (Phi) is 5.09. The standard InChI is InChI=1S/C12H14ClN3O5/c1-3-12(2,10(17)18)15-11(19)14-9-6-7(16(20)21)4-5-8(9)13/h4-6H,3H2,1-2H3,(H,17,18)(H2,14,15,19). The van der Waals surface area contributed by atoms with Gasteiger partial charge in [-0.1, -0.05) is 18.5 Å². The van der Waals surface area contributed by atoms with Crippen LogP contribution < -0.4 is 10.6 Å². The molecule has 0 saturated heterocycles. The number of rotatable bonds is 5. The Bertz CT molecular complexity index is 592. The van der Waals surface area contributed by atoms with Crippen LogP contribution >= 0.6 is 11.6 Å². The lowest BCUT2D eigenvalue weighted by atomic mass is 10.00. The lowest BCUT2D eigenvalue weighted by Gasteiger charge is -2.24. The second-order valence-electron chi connectivity index (χ2n) is 4.49. The molecule has 0 saturated carbocycles. The van der Waals surface area contributed by atoms with Gasteiger partial charge in [-0.15, -0.1) is 0 Å². The van der Waals surface area contributed by atoms with Gasteiger partial charge in [0.25, 0.3) is 5.69 Å². The number of halogens is 1. The van der Waals surface area contributed by atoms with Crippen LogP contribution in [0.4, 0.5) is 16.2 Å². The maximum Gasteiger partial charge on any atom is 0.329 e. The van der Waals surface area contributed by atoms with Crippen LogP contribution in [0.1, 0.15) is 20.3 Å². The van der Waals surface area contributed by atoms with E-state index in [2.05, 4.69) is 10.6 Å². The van der Waals surface area contributed by atoms with Gasteiger partial charge in [0.15, 0.2) is 0 Å². The summed E-state index contributed by atoms with van der Waals surface area (Å²) in [6.07, 6.45) is 0.165. The molecule has 0 aliphatic heterocycles. The molecule has 9 heteroatoms. The Hall–Kier alpha value is -2.35. The molecule has 1 rings (SSSR count). The van der Waals surface area contributed by atoms with Crippen LogP contribution in [0.25, 0.3) is 0 Å². The molecule has 1 aromatic carbocycles. The highest BCUT2D eigenvalue weighted by molar-refractivity contribution is 6.33. The maximum absolute atomic E-state index is 11.8. The molecule has 0 aliphatic rings. The molecule has 114 valence electrons. The number of carbonyl (C=O) groups is 2. The molecule has 0 spiro atoms. The van der Waals surface area contributed by atoms with Gasteiger partial charge in [-0.05, 0) is 19.4 Å². The average molecular weight is 316 g/mol. The number of carbonyl (C=O) groups excluding carboxylic acids is 1. The first kappa shape index (κ1) is 16.7. The highest BCUT2D eigenvalue weighted by Gasteiger charge is 2.32. The minimum Gasteiger partial charge on any atom is -0.480 e. The van der Waals surface area contributed by atoms with Crippen LogP contribution in [0, 0.1) is 10.1 Å². The van der Waals surface area contributed by atoms with E-state index in [1.54, 1.807) is 6.92 Å². The van der Waals surface area contributed by atoms with Crippen molar-refractivity contribution in [1.82, 2.24) is 5.32 Å². The summed E-state index contributed by atoms with van der Waals surface area (Å²) in [6, 6.07) is 2.74. The van der Waals surface area contributed by atoms with Crippen LogP contribution in [0.2, 0.25) is 5.02 Å². The molecule has 0 fully saturated rings. The van der Waals surface area contributed by atoms with Gasteiger partial charge in [0.1, 0.15) is 5.54 Å². The van der Waals surface area contributed by atoms with Crippen LogP contribution in [0.5, 0.6) is 0 Å². The third-order valence-electron chi connectivity index (χ3n) is 2.98. The van der Waals surface area contributed by atoms with Crippen molar-refractivity contribution in [1.29, 1.82) is 0 Å². The van der Waals surface area contributed by atoms with E-state index in [0.29, 0.717) is 0 Å². The molecule has 1 aromatic rings. The maximum atomic E-state index is 11.8. The SMILES string of the molecule is CCC(C)(NC(=O)Nc1cc([N+](=O)[O-])ccc1Cl)C(=O)O. The zero-order valence-electron chi connectivity index (χ0n) is 11.3. The van der Waals surface area contributed by atoms with E-state index in [1.165, 1.54) is 19.1 Å². The number of anilines is 1. The quantitative estimate of drug-likeness (QED) is 0.569. The zero-order chi connectivity index (χ0) is 16.2. The van der Waals surface area contributed by atoms with Crippen molar-refractivity contribution in [2.45, 2.75) is 25.8 Å². The smallest absolute Gasteiger partial charge is 0.329 e. The number of nitrogens with zero attached hydrogens (tertiary/aromatic N) is 1. The molecule has 1 atom stereocenters. The van der Waals surface area contributed by atoms with E-state index in [-0.39, 0.29) is 22.8 Å². The Morgan fingerprint density at radius 3 is 2.57 bits per heavy atom. The number of urea groups is 1. The highest BCUT2D eigenvalue weighted by Crippen LogP contribution is 2.26. The van der Waals surface area contributed by atoms with Crippen molar-refractivity contribution in [2.75, 3.05) is 5.32 Å². The number of nitro benzene ring substituents is 1. The number of carboxylic acid groups (broad SMARTS) is 1. The van der Waals surface area contributed by atoms with Gasteiger partial charge < -0.3 is 15.7 Å². The first-order valence-electron chi connectivity index (χ1n) is 5.96. The van der Waals surface area contributed by atoms with E-state index < -0.39 is 22.5 Å². The summed E-state index contributed by atoms with van der Waals surface area (Å²) in [4.78, 5) is 32.9. The fourth-order valence-corrected chi connectivity index (χ4v) is 1.58. The first-order chi connectivity index (χ1) is 9.69. The van der Waals surface area contributed by atoms with E-state index in [9.17, 15) is 19.7 Å². The van der Waals surface area contributed by atoms with Crippen molar-refractivity contribution in [3.8, 4) is 0 Å². The van der Waals surface area contributed by atoms with Crippen LogP contribution in [0.3, 0.4) is 0 Å². The summed E-state index contributed by atoms with van der Waals surface area (Å²) in [6.45, 7) is 2.96. The van der Waals surface area contributed by atoms with E-state index in [0.717, 1.165) is 6.07 Å². The molecule has 0 aromatic heterocycles. The Balaban J connectivity index is 2.91. The molecule has 0 radical (unpaired) electrons. The van der Waals surface area contributed by atoms with Gasteiger partial charge in [-0.3, -0.25) is 10.1 Å². The third kappa shape index (κ3) is 4.06. The van der Waals surface area contributed by atoms with Crippen molar-refractivity contribution in [2.24, 2.45) is 0 Å². The Labute approximate surface area is 125 Å². The van der Waals surface area contributed by atoms with E-state index in [1.807, 2.05) is 0 Å². The normalized spacial score (nSPS) is 13.1. The molecule has 8 nitrogen and oxygen atoms in total. The summed E-state index contributed by atoms with van der Waals surface area (Å²) in [5.74, 6) is -1.19. The van der Waals surface area contributed by atoms with Gasteiger partial charge in [0.2, 0.25) is 0 Å². The average Bonchev–Trinajstić information content (AvgIpc) is 2.40. The van der Waals surface area contributed by atoms with Gasteiger partial charge in [-0.25, -0.2) is 9.59 Å². The summed E-state index contributed by atoms with van der Waals surface area (Å²) in [7, 11) is 0. The largest absolute Gasteiger partial charge is 0.480 e. The zero-order valence-corrected chi connectivity index (χ0v) is 12.1. The van der Waals surface area contributed by atoms with Crippen molar-refractivity contribution < 1.29 is 19.6 Å². The molecule has 0 bridgehead atoms. The van der Waals surface area contributed by atoms with Crippen LogP contribution in [-0.2, 0) is 4.79 Å². The fraction of sp³-hybridized carbons (Fsp3) is 0.333. The molecule has 0 aliphatic carbocycles. The number of nitrogens with one attached hydrogen (secondary N) is 2. The highest BCUT2D eigenvalue weighted by atomic mass is 35.5. The van der Waals surface area contributed by atoms with E-state index in [4.69, 9.17) is 16.7 Å². The molecular weight excluding hydrogens is 302 g/mol. The number of carboxylic acids is 1. The summed E-state index contributed by atoms with van der Waals surface area (Å²) in [5, 5.41) is 24.4.